The fourth-order valence-electron chi connectivity index (χ4n) is 1.73. The lowest BCUT2D eigenvalue weighted by Crippen LogP contribution is -2.09. The van der Waals surface area contributed by atoms with Gasteiger partial charge in [-0.05, 0) is 18.2 Å². The second-order valence-corrected chi connectivity index (χ2v) is 6.83. The van der Waals surface area contributed by atoms with E-state index in [9.17, 15) is 14.0 Å². The summed E-state index contributed by atoms with van der Waals surface area (Å²) >= 11 is 2.51. The number of hydrogen-bond acceptors (Lipinski definition) is 7. The van der Waals surface area contributed by atoms with E-state index >= 15 is 0 Å². The zero-order chi connectivity index (χ0) is 17.5. The van der Waals surface area contributed by atoms with Crippen molar-refractivity contribution in [2.24, 2.45) is 0 Å². The van der Waals surface area contributed by atoms with E-state index in [2.05, 4.69) is 27.4 Å². The first-order valence-electron chi connectivity index (χ1n) is 6.91. The maximum atomic E-state index is 14.0. The molecule has 6 nitrogen and oxygen atoms in total. The highest BCUT2D eigenvalue weighted by Gasteiger charge is 2.14. The van der Waals surface area contributed by atoms with Crippen molar-refractivity contribution in [2.45, 2.75) is 11.3 Å². The van der Waals surface area contributed by atoms with Gasteiger partial charge in [0.15, 0.2) is 10.1 Å². The van der Waals surface area contributed by atoms with Gasteiger partial charge in [-0.15, -0.1) is 16.8 Å². The van der Waals surface area contributed by atoms with Crippen LogP contribution in [0.15, 0.2) is 35.2 Å². The maximum absolute atomic E-state index is 14.0. The van der Waals surface area contributed by atoms with Gasteiger partial charge in [0.25, 0.3) is 0 Å². The minimum atomic E-state index is -0.669. The van der Waals surface area contributed by atoms with Crippen molar-refractivity contribution in [3.8, 4) is 0 Å². The molecule has 0 fully saturated rings. The number of ketones is 1. The summed E-state index contributed by atoms with van der Waals surface area (Å²) in [5, 5.41) is 14.0. The number of amides is 1. The monoisotopic (exact) mass is 366 g/mol. The van der Waals surface area contributed by atoms with E-state index < -0.39 is 5.82 Å². The summed E-state index contributed by atoms with van der Waals surface area (Å²) in [7, 11) is 0. The van der Waals surface area contributed by atoms with Gasteiger partial charge in [-0.3, -0.25) is 9.59 Å². The quantitative estimate of drug-likeness (QED) is 0.424. The number of thioether (sulfide) groups is 1. The van der Waals surface area contributed by atoms with Crippen molar-refractivity contribution >= 4 is 45.6 Å². The Morgan fingerprint density at radius 3 is 2.88 bits per heavy atom. The number of carbonyl (C=O) groups excluding carboxylic acids is 2. The van der Waals surface area contributed by atoms with Crippen molar-refractivity contribution in [1.29, 1.82) is 0 Å². The number of aromatic nitrogens is 2. The molecule has 1 heterocycles. The highest BCUT2D eigenvalue weighted by molar-refractivity contribution is 8.01. The lowest BCUT2D eigenvalue weighted by atomic mass is 10.1. The van der Waals surface area contributed by atoms with Crippen LogP contribution < -0.4 is 10.6 Å². The third-order valence-corrected chi connectivity index (χ3v) is 4.73. The van der Waals surface area contributed by atoms with Crippen LogP contribution in [0.5, 0.6) is 0 Å². The lowest BCUT2D eigenvalue weighted by molar-refractivity contribution is -0.114. The molecule has 126 valence electrons. The highest BCUT2D eigenvalue weighted by atomic mass is 32.2. The summed E-state index contributed by atoms with van der Waals surface area (Å²) in [5.74, 6) is -1.28. The number of nitrogens with one attached hydrogen (secondary N) is 2. The molecule has 9 heteroatoms. The Kier molecular flexibility index (Phi) is 6.44. The Bertz CT molecular complexity index is 764. The van der Waals surface area contributed by atoms with Crippen molar-refractivity contribution in [1.82, 2.24) is 10.2 Å². The standard InChI is InChI=1S/C15H15FN4O2S2/c1-3-6-17-14-19-20-15(24-14)23-8-13(22)11-5-4-10(7-12(11)16)18-9(2)21/h3-5,7H,1,6,8H2,2H3,(H,17,19)(H,18,21). The van der Waals surface area contributed by atoms with Crippen molar-refractivity contribution < 1.29 is 14.0 Å². The molecule has 0 spiro atoms. The molecular formula is C15H15FN4O2S2. The van der Waals surface area contributed by atoms with E-state index in [0.717, 1.165) is 6.07 Å². The van der Waals surface area contributed by atoms with Crippen LogP contribution >= 0.6 is 23.1 Å². The maximum Gasteiger partial charge on any atom is 0.221 e. The van der Waals surface area contributed by atoms with E-state index in [1.54, 1.807) is 6.08 Å². The summed E-state index contributed by atoms with van der Waals surface area (Å²) < 4.78 is 14.6. The first-order valence-corrected chi connectivity index (χ1v) is 8.71. The van der Waals surface area contributed by atoms with Crippen molar-refractivity contribution in [3.63, 3.8) is 0 Å². The zero-order valence-corrected chi connectivity index (χ0v) is 14.5. The molecule has 24 heavy (non-hydrogen) atoms. The largest absolute Gasteiger partial charge is 0.357 e. The molecule has 2 rings (SSSR count). The third-order valence-electron chi connectivity index (χ3n) is 2.72. The number of carbonyl (C=O) groups is 2. The Labute approximate surface area is 146 Å². The fourth-order valence-corrected chi connectivity index (χ4v) is 3.37. The summed E-state index contributed by atoms with van der Waals surface area (Å²) in [4.78, 5) is 23.1. The van der Waals surface area contributed by atoms with Crippen molar-refractivity contribution in [3.05, 3.63) is 42.2 Å². The molecule has 0 saturated heterocycles. The zero-order valence-electron chi connectivity index (χ0n) is 12.8. The van der Waals surface area contributed by atoms with Gasteiger partial charge >= 0.3 is 0 Å². The van der Waals surface area contributed by atoms with Gasteiger partial charge in [-0.2, -0.15) is 0 Å². The molecule has 0 aliphatic heterocycles. The van der Waals surface area contributed by atoms with Crippen LogP contribution in [0.4, 0.5) is 15.2 Å². The summed E-state index contributed by atoms with van der Waals surface area (Å²) in [5.41, 5.74) is 0.289. The number of benzene rings is 1. The van der Waals surface area contributed by atoms with Gasteiger partial charge < -0.3 is 10.6 Å². The van der Waals surface area contributed by atoms with Crippen LogP contribution in [0.2, 0.25) is 0 Å². The molecular weight excluding hydrogens is 351 g/mol. The Hall–Kier alpha value is -2.26. The molecule has 0 aliphatic rings. The molecule has 0 radical (unpaired) electrons. The topological polar surface area (TPSA) is 84.0 Å². The average Bonchev–Trinajstić information content (AvgIpc) is 2.98. The number of anilines is 2. The molecule has 0 bridgehead atoms. The smallest absolute Gasteiger partial charge is 0.221 e. The van der Waals surface area contributed by atoms with Gasteiger partial charge in [-0.1, -0.05) is 29.2 Å². The number of nitrogens with zero attached hydrogens (tertiary/aromatic N) is 2. The summed E-state index contributed by atoms with van der Waals surface area (Å²) in [6, 6.07) is 3.98. The predicted molar refractivity (Wildman–Crippen MR) is 94.4 cm³/mol. The molecule has 1 amide bonds. The summed E-state index contributed by atoms with van der Waals surface area (Å²) in [6.45, 7) is 5.49. The van der Waals surface area contributed by atoms with Crippen molar-refractivity contribution in [2.75, 3.05) is 22.9 Å². The molecule has 0 unspecified atom stereocenters. The molecule has 2 N–H and O–H groups in total. The van der Waals surface area contributed by atoms with Crippen LogP contribution in [0.25, 0.3) is 0 Å². The number of rotatable bonds is 8. The second-order valence-electron chi connectivity index (χ2n) is 4.63. The number of Topliss-reactive ketones (excluding diaryl/α,β-unsaturated/α-hetero) is 1. The van der Waals surface area contributed by atoms with E-state index in [1.807, 2.05) is 0 Å². The Morgan fingerprint density at radius 1 is 1.42 bits per heavy atom. The Balaban J connectivity index is 1.95. The number of hydrogen-bond donors (Lipinski definition) is 2. The highest BCUT2D eigenvalue weighted by Crippen LogP contribution is 2.26. The van der Waals surface area contributed by atoms with Gasteiger partial charge in [0.05, 0.1) is 11.3 Å². The first kappa shape index (κ1) is 18.1. The van der Waals surface area contributed by atoms with Gasteiger partial charge in [-0.25, -0.2) is 4.39 Å². The Morgan fingerprint density at radius 2 is 2.21 bits per heavy atom. The third kappa shape index (κ3) is 5.14. The minimum absolute atomic E-state index is 0.0221. The predicted octanol–water partition coefficient (Wildman–Crippen LogP) is 3.21. The first-order chi connectivity index (χ1) is 11.5. The molecule has 1 aromatic heterocycles. The lowest BCUT2D eigenvalue weighted by Gasteiger charge is -2.05. The van der Waals surface area contributed by atoms with Crippen LogP contribution in [0, 0.1) is 5.82 Å². The van der Waals surface area contributed by atoms with Crippen LogP contribution in [-0.2, 0) is 4.79 Å². The SMILES string of the molecule is C=CCNc1nnc(SCC(=O)c2ccc(NC(C)=O)cc2F)s1. The van der Waals surface area contributed by atoms with E-state index in [0.29, 0.717) is 21.7 Å². The van der Waals surface area contributed by atoms with Gasteiger partial charge in [0.2, 0.25) is 11.0 Å². The normalized spacial score (nSPS) is 10.2. The van der Waals surface area contributed by atoms with Gasteiger partial charge in [0, 0.05) is 19.2 Å². The van der Waals surface area contributed by atoms with Gasteiger partial charge in [0.1, 0.15) is 5.82 Å². The van der Waals surface area contributed by atoms with Crippen LogP contribution in [-0.4, -0.2) is 34.2 Å². The molecule has 2 aromatic rings. The van der Waals surface area contributed by atoms with Crippen LogP contribution in [0.3, 0.4) is 0 Å². The minimum Gasteiger partial charge on any atom is -0.357 e. The molecule has 0 saturated carbocycles. The van der Waals surface area contributed by atoms with E-state index in [-0.39, 0.29) is 23.0 Å². The number of halogens is 1. The molecule has 0 aliphatic carbocycles. The second kappa shape index (κ2) is 8.55. The fraction of sp³-hybridized carbons (Fsp3) is 0.200. The summed E-state index contributed by atoms with van der Waals surface area (Å²) in [6.07, 6.45) is 1.70. The van der Waals surface area contributed by atoms with E-state index in [1.165, 1.54) is 42.2 Å². The van der Waals surface area contributed by atoms with Crippen LogP contribution in [0.1, 0.15) is 17.3 Å². The average molecular weight is 366 g/mol. The molecule has 1 aromatic carbocycles. The molecule has 0 atom stereocenters. The van der Waals surface area contributed by atoms with E-state index in [4.69, 9.17) is 0 Å².